The third-order valence-corrected chi connectivity index (χ3v) is 19.3. The molecule has 3 saturated heterocycles. The lowest BCUT2D eigenvalue weighted by atomic mass is 9.33. The lowest BCUT2D eigenvalue weighted by Crippen LogP contribution is -2.67. The Bertz CT molecular complexity index is 1790. The second kappa shape index (κ2) is 18.0. The third kappa shape index (κ3) is 7.87. The molecule has 7 fully saturated rings. The molecule has 0 spiro atoms. The van der Waals surface area contributed by atoms with Crippen molar-refractivity contribution in [2.75, 3.05) is 19.8 Å². The highest BCUT2D eigenvalue weighted by Gasteiger charge is 2.70. The first-order chi connectivity index (χ1) is 30.9. The monoisotopic (exact) mass is 943 g/mol. The third-order valence-electron chi connectivity index (χ3n) is 19.3. The maximum Gasteiger partial charge on any atom is 0.315 e. The molecule has 378 valence electrons. The Morgan fingerprint density at radius 2 is 1.15 bits per heavy atom. The lowest BCUT2D eigenvalue weighted by Gasteiger charge is -2.71. The highest BCUT2D eigenvalue weighted by atomic mass is 16.7. The standard InChI is InChI=1S/C48H78O18/c1-43(2)14-16-48(42(60)66-40-36(58)34(56)31(53)25(20-50)62-40)17-15-46(6)22(23(48)18-43)8-9-28-45(5)12-11-29(44(3,4)27(45)10-13-47(28,46)7)64-41-37(59)38(32(54)26(21-51)63-41)65-39-35(57)33(55)30(52)24(19-49)61-39/h8,23-41,49-59H,9-21H2,1-7H3/t23-,24+,25+,26+,27?,28?,29-,30+,31+,32+,33-,34-,35+,36+,37+,38-,39-,40-,41+,45-,46+,47+,48-/m0/s1. The molecule has 3 aliphatic heterocycles. The molecule has 2 unspecified atom stereocenters. The Morgan fingerprint density at radius 1 is 0.606 bits per heavy atom. The van der Waals surface area contributed by atoms with E-state index in [9.17, 15) is 61.0 Å². The number of hydrogen-bond donors (Lipinski definition) is 11. The summed E-state index contributed by atoms with van der Waals surface area (Å²) in [4.78, 5) is 14.7. The summed E-state index contributed by atoms with van der Waals surface area (Å²) in [6.45, 7) is 14.1. The highest BCUT2D eigenvalue weighted by molar-refractivity contribution is 5.79. The summed E-state index contributed by atoms with van der Waals surface area (Å²) in [5.41, 5.74) is -0.674. The van der Waals surface area contributed by atoms with Gasteiger partial charge in [0, 0.05) is 0 Å². The van der Waals surface area contributed by atoms with Crippen LogP contribution in [0.25, 0.3) is 0 Å². The van der Waals surface area contributed by atoms with E-state index in [0.29, 0.717) is 19.3 Å². The second-order valence-electron chi connectivity index (χ2n) is 23.5. The van der Waals surface area contributed by atoms with Crippen molar-refractivity contribution < 1.29 is 89.4 Å². The fourth-order valence-electron chi connectivity index (χ4n) is 15.0. The zero-order valence-electron chi connectivity index (χ0n) is 39.5. The van der Waals surface area contributed by atoms with Crippen molar-refractivity contribution in [3.8, 4) is 0 Å². The van der Waals surface area contributed by atoms with Gasteiger partial charge in [0.2, 0.25) is 6.29 Å². The number of esters is 1. The Hall–Kier alpha value is -1.43. The lowest BCUT2D eigenvalue weighted by molar-refractivity contribution is -0.369. The van der Waals surface area contributed by atoms with Crippen molar-refractivity contribution >= 4 is 5.97 Å². The average Bonchev–Trinajstić information content (AvgIpc) is 3.26. The van der Waals surface area contributed by atoms with Gasteiger partial charge in [-0.25, -0.2) is 0 Å². The van der Waals surface area contributed by atoms with Crippen LogP contribution in [0.5, 0.6) is 0 Å². The van der Waals surface area contributed by atoms with E-state index in [2.05, 4.69) is 54.5 Å². The van der Waals surface area contributed by atoms with E-state index in [1.54, 1.807) is 0 Å². The first-order valence-electron chi connectivity index (χ1n) is 24.3. The van der Waals surface area contributed by atoms with Gasteiger partial charge in [0.1, 0.15) is 73.2 Å². The van der Waals surface area contributed by atoms with Gasteiger partial charge in [-0.15, -0.1) is 0 Å². The van der Waals surface area contributed by atoms with Crippen molar-refractivity contribution in [1.29, 1.82) is 0 Å². The van der Waals surface area contributed by atoms with Crippen LogP contribution in [0.1, 0.15) is 113 Å². The SMILES string of the molecule is CC1(C)CC[C@]2(C(=O)O[C@@H]3O[C@H](CO)[C@@H](O)[C@H](O)[C@H]3O)CC[C@]3(C)C(=CCC4[C@@]5(C)CC[C@H](O[C@H]6O[C@H](CO)[C@@H](O)[C@H](O[C@@H]7O[C@H](CO)[C@@H](O)[C@H](O)[C@H]7O)[C@H]6O)C(C)(C)C5CC[C@]43C)[C@@H]2C1. The van der Waals surface area contributed by atoms with Crippen molar-refractivity contribution in [3.05, 3.63) is 11.6 Å². The largest absolute Gasteiger partial charge is 0.432 e. The number of fused-ring (bicyclic) bond motifs is 7. The van der Waals surface area contributed by atoms with Gasteiger partial charge in [-0.3, -0.25) is 4.79 Å². The molecule has 66 heavy (non-hydrogen) atoms. The summed E-state index contributed by atoms with van der Waals surface area (Å²) in [6.07, 6.45) is -13.7. The number of rotatable bonds is 9. The molecule has 0 bridgehead atoms. The minimum Gasteiger partial charge on any atom is -0.432 e. The molecule has 0 aromatic carbocycles. The molecule has 0 amide bonds. The van der Waals surface area contributed by atoms with E-state index in [1.165, 1.54) is 5.57 Å². The molecule has 18 heteroatoms. The quantitative estimate of drug-likeness (QED) is 0.0833. The summed E-state index contributed by atoms with van der Waals surface area (Å²) in [5.74, 6) is -0.189. The summed E-state index contributed by atoms with van der Waals surface area (Å²) in [5, 5.41) is 116. The van der Waals surface area contributed by atoms with Gasteiger partial charge < -0.3 is 84.6 Å². The van der Waals surface area contributed by atoms with E-state index in [1.807, 2.05) is 0 Å². The molecule has 11 N–H and O–H groups in total. The zero-order chi connectivity index (χ0) is 48.3. The van der Waals surface area contributed by atoms with Crippen molar-refractivity contribution in [1.82, 2.24) is 0 Å². The predicted octanol–water partition coefficient (Wildman–Crippen LogP) is 0.141. The van der Waals surface area contributed by atoms with E-state index < -0.39 is 135 Å². The molecule has 3 heterocycles. The van der Waals surface area contributed by atoms with Crippen LogP contribution in [0.4, 0.5) is 0 Å². The highest BCUT2D eigenvalue weighted by Crippen LogP contribution is 2.76. The maximum atomic E-state index is 14.7. The molecule has 18 nitrogen and oxygen atoms in total. The number of allylic oxidation sites excluding steroid dienone is 2. The minimum absolute atomic E-state index is 0.0581. The minimum atomic E-state index is -1.79. The van der Waals surface area contributed by atoms with Gasteiger partial charge in [-0.1, -0.05) is 60.1 Å². The van der Waals surface area contributed by atoms with Gasteiger partial charge in [-0.05, 0) is 109 Å². The predicted molar refractivity (Wildman–Crippen MR) is 230 cm³/mol. The van der Waals surface area contributed by atoms with Crippen LogP contribution in [0, 0.1) is 50.2 Å². The van der Waals surface area contributed by atoms with Crippen LogP contribution in [-0.4, -0.2) is 180 Å². The molecule has 5 aliphatic carbocycles. The summed E-state index contributed by atoms with van der Waals surface area (Å²) in [6, 6.07) is 0. The molecular formula is C48H78O18. The Morgan fingerprint density at radius 3 is 1.76 bits per heavy atom. The van der Waals surface area contributed by atoms with Gasteiger partial charge in [-0.2, -0.15) is 0 Å². The summed E-state index contributed by atoms with van der Waals surface area (Å²) < 4.78 is 35.7. The molecule has 8 rings (SSSR count). The van der Waals surface area contributed by atoms with Crippen molar-refractivity contribution in [2.24, 2.45) is 50.2 Å². The Labute approximate surface area is 387 Å². The fourth-order valence-corrected chi connectivity index (χ4v) is 15.0. The topological polar surface area (TPSA) is 295 Å². The second-order valence-corrected chi connectivity index (χ2v) is 23.5. The van der Waals surface area contributed by atoms with E-state index in [0.717, 1.165) is 44.9 Å². The molecular weight excluding hydrogens is 865 g/mol. The zero-order valence-corrected chi connectivity index (χ0v) is 39.5. The van der Waals surface area contributed by atoms with Gasteiger partial charge in [0.05, 0.1) is 31.3 Å². The molecule has 8 aliphatic rings. The number of aliphatic hydroxyl groups excluding tert-OH is 11. The number of ether oxygens (including phenoxy) is 6. The van der Waals surface area contributed by atoms with Crippen LogP contribution in [0.2, 0.25) is 0 Å². The first-order valence-corrected chi connectivity index (χ1v) is 24.3. The molecule has 0 radical (unpaired) electrons. The van der Waals surface area contributed by atoms with Crippen molar-refractivity contribution in [3.63, 3.8) is 0 Å². The number of carbonyl (C=O) groups excluding carboxylic acids is 1. The molecule has 4 saturated carbocycles. The van der Waals surface area contributed by atoms with E-state index in [-0.39, 0.29) is 39.4 Å². The maximum absolute atomic E-state index is 14.7. The van der Waals surface area contributed by atoms with Crippen LogP contribution in [0.15, 0.2) is 11.6 Å². The van der Waals surface area contributed by atoms with Gasteiger partial charge in [0.15, 0.2) is 12.6 Å². The van der Waals surface area contributed by atoms with E-state index >= 15 is 0 Å². The van der Waals surface area contributed by atoms with Crippen LogP contribution in [0.3, 0.4) is 0 Å². The molecule has 0 aromatic heterocycles. The fraction of sp³-hybridized carbons (Fsp3) is 0.938. The number of hydrogen-bond acceptors (Lipinski definition) is 18. The molecule has 0 aromatic rings. The van der Waals surface area contributed by atoms with Crippen molar-refractivity contribution in [2.45, 2.75) is 211 Å². The molecule has 23 atom stereocenters. The average molecular weight is 943 g/mol. The van der Waals surface area contributed by atoms with Crippen LogP contribution >= 0.6 is 0 Å². The first kappa shape index (κ1) is 50.9. The Kier molecular flexibility index (Phi) is 13.9. The smallest absolute Gasteiger partial charge is 0.315 e. The summed E-state index contributed by atoms with van der Waals surface area (Å²) in [7, 11) is 0. The van der Waals surface area contributed by atoms with E-state index in [4.69, 9.17) is 28.4 Å². The Balaban J connectivity index is 1.02. The van der Waals surface area contributed by atoms with Gasteiger partial charge in [0.25, 0.3) is 0 Å². The number of aliphatic hydroxyl groups is 11. The van der Waals surface area contributed by atoms with Crippen LogP contribution < -0.4 is 0 Å². The van der Waals surface area contributed by atoms with Crippen LogP contribution in [-0.2, 0) is 33.2 Å². The normalized spacial score (nSPS) is 53.3. The number of carbonyl (C=O) groups is 1. The summed E-state index contributed by atoms with van der Waals surface area (Å²) >= 11 is 0. The van der Waals surface area contributed by atoms with Gasteiger partial charge >= 0.3 is 5.97 Å².